The molecular formula is C21H24N6O. The van der Waals surface area contributed by atoms with Crippen molar-refractivity contribution in [1.29, 1.82) is 0 Å². The molecule has 4 rings (SSSR count). The molecule has 1 aromatic carbocycles. The number of nitrogens with zero attached hydrogens (tertiary/aromatic N) is 5. The Balaban J connectivity index is 1.38. The van der Waals surface area contributed by atoms with Crippen LogP contribution in [0.5, 0.6) is 5.75 Å². The average molecular weight is 376 g/mol. The van der Waals surface area contributed by atoms with E-state index in [-0.39, 0.29) is 0 Å². The number of rotatable bonds is 6. The van der Waals surface area contributed by atoms with Gasteiger partial charge in [-0.15, -0.1) is 0 Å². The van der Waals surface area contributed by atoms with Crippen LogP contribution in [0.15, 0.2) is 60.9 Å². The van der Waals surface area contributed by atoms with E-state index in [4.69, 9.17) is 9.72 Å². The van der Waals surface area contributed by atoms with E-state index in [1.54, 1.807) is 13.3 Å². The number of hydrogen-bond donors (Lipinski definition) is 1. The first-order valence-electron chi connectivity index (χ1n) is 9.43. The van der Waals surface area contributed by atoms with Crippen molar-refractivity contribution in [3.8, 4) is 5.75 Å². The molecular weight excluding hydrogens is 352 g/mol. The molecule has 0 radical (unpaired) electrons. The van der Waals surface area contributed by atoms with Crippen LogP contribution < -0.4 is 19.9 Å². The average Bonchev–Trinajstić information content (AvgIpc) is 2.79. The van der Waals surface area contributed by atoms with E-state index in [2.05, 4.69) is 31.2 Å². The summed E-state index contributed by atoms with van der Waals surface area (Å²) in [6.45, 7) is 4.26. The molecule has 0 amide bonds. The maximum Gasteiger partial charge on any atom is 0.224 e. The monoisotopic (exact) mass is 376 g/mol. The third-order valence-corrected chi connectivity index (χ3v) is 4.85. The van der Waals surface area contributed by atoms with Crippen molar-refractivity contribution >= 4 is 17.6 Å². The second kappa shape index (κ2) is 8.56. The number of methoxy groups -OCH3 is 1. The van der Waals surface area contributed by atoms with Crippen LogP contribution in [0.3, 0.4) is 0 Å². The summed E-state index contributed by atoms with van der Waals surface area (Å²) in [5, 5.41) is 3.30. The molecule has 0 saturated carbocycles. The second-order valence-corrected chi connectivity index (χ2v) is 6.57. The summed E-state index contributed by atoms with van der Waals surface area (Å²) in [6.07, 6.45) is 3.64. The van der Waals surface area contributed by atoms with Crippen molar-refractivity contribution in [3.05, 3.63) is 66.5 Å². The molecule has 3 heterocycles. The minimum atomic E-state index is 0.612. The number of nitrogens with one attached hydrogen (secondary N) is 1. The van der Waals surface area contributed by atoms with E-state index in [9.17, 15) is 0 Å². The highest BCUT2D eigenvalue weighted by molar-refractivity contribution is 5.47. The number of anilines is 3. The van der Waals surface area contributed by atoms with E-state index in [1.807, 2.05) is 48.7 Å². The zero-order valence-electron chi connectivity index (χ0n) is 16.0. The van der Waals surface area contributed by atoms with Crippen LogP contribution in [0.25, 0.3) is 0 Å². The van der Waals surface area contributed by atoms with Crippen molar-refractivity contribution < 1.29 is 4.74 Å². The Morgan fingerprint density at radius 3 is 2.36 bits per heavy atom. The molecule has 1 aliphatic heterocycles. The van der Waals surface area contributed by atoms with Crippen LogP contribution in [0, 0.1) is 0 Å². The molecule has 0 aliphatic carbocycles. The van der Waals surface area contributed by atoms with Gasteiger partial charge in [0.05, 0.1) is 7.11 Å². The maximum atomic E-state index is 5.40. The fraction of sp³-hybridized carbons (Fsp3) is 0.286. The topological polar surface area (TPSA) is 66.4 Å². The molecule has 0 spiro atoms. The molecule has 144 valence electrons. The van der Waals surface area contributed by atoms with Gasteiger partial charge in [0, 0.05) is 50.7 Å². The summed E-state index contributed by atoms with van der Waals surface area (Å²) in [6, 6.07) is 15.9. The van der Waals surface area contributed by atoms with Gasteiger partial charge in [-0.3, -0.25) is 0 Å². The maximum absolute atomic E-state index is 5.40. The van der Waals surface area contributed by atoms with Gasteiger partial charge in [0.2, 0.25) is 5.95 Å². The first-order chi connectivity index (χ1) is 13.8. The van der Waals surface area contributed by atoms with Crippen molar-refractivity contribution in [2.45, 2.75) is 6.54 Å². The van der Waals surface area contributed by atoms with Gasteiger partial charge < -0.3 is 19.9 Å². The van der Waals surface area contributed by atoms with E-state index < -0.39 is 0 Å². The zero-order valence-corrected chi connectivity index (χ0v) is 16.0. The molecule has 7 nitrogen and oxygen atoms in total. The molecule has 3 aromatic rings. The van der Waals surface area contributed by atoms with Crippen LogP contribution in [0.1, 0.15) is 5.56 Å². The largest absolute Gasteiger partial charge is 0.496 e. The Labute approximate surface area is 165 Å². The fourth-order valence-electron chi connectivity index (χ4n) is 3.34. The zero-order chi connectivity index (χ0) is 19.2. The Hall–Kier alpha value is -3.35. The lowest BCUT2D eigenvalue weighted by Crippen LogP contribution is -2.47. The normalized spacial score (nSPS) is 14.0. The number of ether oxygens (including phenoxy) is 1. The quantitative estimate of drug-likeness (QED) is 0.709. The van der Waals surface area contributed by atoms with Gasteiger partial charge in [-0.1, -0.05) is 24.3 Å². The van der Waals surface area contributed by atoms with Crippen LogP contribution in [0.2, 0.25) is 0 Å². The first kappa shape index (κ1) is 18.0. The highest BCUT2D eigenvalue weighted by Gasteiger charge is 2.19. The highest BCUT2D eigenvalue weighted by Crippen LogP contribution is 2.20. The molecule has 0 unspecified atom stereocenters. The molecule has 1 aliphatic rings. The Morgan fingerprint density at radius 1 is 0.857 bits per heavy atom. The number of aromatic nitrogens is 3. The van der Waals surface area contributed by atoms with Crippen LogP contribution in [-0.4, -0.2) is 48.2 Å². The molecule has 0 atom stereocenters. The Morgan fingerprint density at radius 2 is 1.61 bits per heavy atom. The number of para-hydroxylation sites is 1. The molecule has 0 bridgehead atoms. The number of benzene rings is 1. The summed E-state index contributed by atoms with van der Waals surface area (Å²) in [7, 11) is 1.68. The molecule has 28 heavy (non-hydrogen) atoms. The SMILES string of the molecule is COc1ccccc1CNc1nccc(N2CCN(c3ccccn3)CC2)n1. The highest BCUT2D eigenvalue weighted by atomic mass is 16.5. The molecule has 1 fully saturated rings. The van der Waals surface area contributed by atoms with E-state index in [0.717, 1.165) is 49.1 Å². The summed E-state index contributed by atoms with van der Waals surface area (Å²) >= 11 is 0. The minimum Gasteiger partial charge on any atom is -0.496 e. The number of piperazine rings is 1. The van der Waals surface area contributed by atoms with Gasteiger partial charge in [-0.2, -0.15) is 4.98 Å². The van der Waals surface area contributed by atoms with Crippen molar-refractivity contribution in [2.24, 2.45) is 0 Å². The molecule has 1 N–H and O–H groups in total. The minimum absolute atomic E-state index is 0.612. The first-order valence-corrected chi connectivity index (χ1v) is 9.43. The summed E-state index contributed by atoms with van der Waals surface area (Å²) < 4.78 is 5.40. The Bertz CT molecular complexity index is 896. The van der Waals surface area contributed by atoms with E-state index >= 15 is 0 Å². The lowest BCUT2D eigenvalue weighted by atomic mass is 10.2. The van der Waals surface area contributed by atoms with Gasteiger partial charge in [-0.05, 0) is 24.3 Å². The van der Waals surface area contributed by atoms with Crippen LogP contribution in [0.4, 0.5) is 17.6 Å². The summed E-state index contributed by atoms with van der Waals surface area (Å²) in [5.41, 5.74) is 1.07. The molecule has 2 aromatic heterocycles. The van der Waals surface area contributed by atoms with Crippen LogP contribution >= 0.6 is 0 Å². The van der Waals surface area contributed by atoms with Gasteiger partial charge in [-0.25, -0.2) is 9.97 Å². The standard InChI is InChI=1S/C21H24N6O/c1-28-18-7-3-2-6-17(18)16-24-21-23-11-9-20(25-21)27-14-12-26(13-15-27)19-8-4-5-10-22-19/h2-11H,12-16H2,1H3,(H,23,24,25). The van der Waals surface area contributed by atoms with Gasteiger partial charge in [0.25, 0.3) is 0 Å². The van der Waals surface area contributed by atoms with Gasteiger partial charge >= 0.3 is 0 Å². The Kier molecular flexibility index (Phi) is 5.51. The van der Waals surface area contributed by atoms with Gasteiger partial charge in [0.1, 0.15) is 17.4 Å². The lowest BCUT2D eigenvalue weighted by Gasteiger charge is -2.36. The lowest BCUT2D eigenvalue weighted by molar-refractivity contribution is 0.410. The third kappa shape index (κ3) is 4.14. The third-order valence-electron chi connectivity index (χ3n) is 4.85. The van der Waals surface area contributed by atoms with E-state index in [1.165, 1.54) is 0 Å². The smallest absolute Gasteiger partial charge is 0.224 e. The number of pyridine rings is 1. The predicted molar refractivity (Wildman–Crippen MR) is 111 cm³/mol. The second-order valence-electron chi connectivity index (χ2n) is 6.57. The van der Waals surface area contributed by atoms with Crippen LogP contribution in [-0.2, 0) is 6.54 Å². The van der Waals surface area contributed by atoms with E-state index in [0.29, 0.717) is 12.5 Å². The fourth-order valence-corrected chi connectivity index (χ4v) is 3.34. The molecule has 1 saturated heterocycles. The summed E-state index contributed by atoms with van der Waals surface area (Å²) in [4.78, 5) is 18.1. The van der Waals surface area contributed by atoms with Crippen molar-refractivity contribution in [3.63, 3.8) is 0 Å². The molecule has 7 heteroatoms. The van der Waals surface area contributed by atoms with Crippen molar-refractivity contribution in [1.82, 2.24) is 15.0 Å². The van der Waals surface area contributed by atoms with Gasteiger partial charge in [0.15, 0.2) is 0 Å². The summed E-state index contributed by atoms with van der Waals surface area (Å²) in [5.74, 6) is 3.45. The van der Waals surface area contributed by atoms with Crippen molar-refractivity contribution in [2.75, 3.05) is 48.4 Å². The predicted octanol–water partition coefficient (Wildman–Crippen LogP) is 2.82. The number of hydrogen-bond acceptors (Lipinski definition) is 7.